The van der Waals surface area contributed by atoms with Gasteiger partial charge in [-0.1, -0.05) is 11.8 Å². The smallest absolute Gasteiger partial charge is 0.335 e. The van der Waals surface area contributed by atoms with E-state index in [0.29, 0.717) is 17.0 Å². The molecule has 0 fully saturated rings. The minimum absolute atomic E-state index is 0.0187. The van der Waals surface area contributed by atoms with Gasteiger partial charge in [0.05, 0.1) is 33.9 Å². The SMILES string of the molecule is Cc1ccncc1C#Cc1ccnc(-c2cc(C(=O)O)cc(-c3cc(C(=O)O)ccn3)n2)c1. The van der Waals surface area contributed by atoms with E-state index in [1.807, 2.05) is 13.0 Å². The molecule has 160 valence electrons. The topological polar surface area (TPSA) is 126 Å². The second kappa shape index (κ2) is 9.08. The summed E-state index contributed by atoms with van der Waals surface area (Å²) in [5.74, 6) is 3.86. The first kappa shape index (κ1) is 21.3. The van der Waals surface area contributed by atoms with Gasteiger partial charge in [-0.15, -0.1) is 0 Å². The van der Waals surface area contributed by atoms with Gasteiger partial charge in [0.1, 0.15) is 0 Å². The van der Waals surface area contributed by atoms with Crippen LogP contribution in [-0.4, -0.2) is 42.1 Å². The van der Waals surface area contributed by atoms with Gasteiger partial charge in [0.25, 0.3) is 0 Å². The van der Waals surface area contributed by atoms with E-state index in [1.54, 1.807) is 30.7 Å². The Kier molecular flexibility index (Phi) is 5.87. The van der Waals surface area contributed by atoms with Crippen molar-refractivity contribution in [3.63, 3.8) is 0 Å². The number of nitrogens with zero attached hydrogens (tertiary/aromatic N) is 4. The number of hydrogen-bond donors (Lipinski definition) is 2. The fourth-order valence-corrected chi connectivity index (χ4v) is 3.00. The molecule has 0 spiro atoms. The molecule has 0 amide bonds. The summed E-state index contributed by atoms with van der Waals surface area (Å²) >= 11 is 0. The number of carboxylic acid groups (broad SMARTS) is 2. The molecule has 8 heteroatoms. The average molecular weight is 436 g/mol. The summed E-state index contributed by atoms with van der Waals surface area (Å²) < 4.78 is 0. The molecule has 0 unspecified atom stereocenters. The maximum absolute atomic E-state index is 11.7. The van der Waals surface area contributed by atoms with Gasteiger partial charge in [-0.25, -0.2) is 14.6 Å². The maximum Gasteiger partial charge on any atom is 0.335 e. The molecule has 0 saturated carbocycles. The highest BCUT2D eigenvalue weighted by molar-refractivity contribution is 5.91. The molecule has 0 aliphatic carbocycles. The summed E-state index contributed by atoms with van der Waals surface area (Å²) in [5, 5.41) is 18.8. The van der Waals surface area contributed by atoms with Crippen molar-refractivity contribution in [3.8, 4) is 34.6 Å². The predicted molar refractivity (Wildman–Crippen MR) is 120 cm³/mol. The third-order valence-electron chi connectivity index (χ3n) is 4.74. The van der Waals surface area contributed by atoms with Crippen LogP contribution in [0.25, 0.3) is 22.8 Å². The number of aromatic nitrogens is 4. The van der Waals surface area contributed by atoms with Gasteiger partial charge in [-0.05, 0) is 55.0 Å². The van der Waals surface area contributed by atoms with Gasteiger partial charge in [-0.3, -0.25) is 15.0 Å². The summed E-state index contributed by atoms with van der Waals surface area (Å²) in [6.45, 7) is 1.94. The molecule has 0 aliphatic rings. The van der Waals surface area contributed by atoms with Crippen molar-refractivity contribution >= 4 is 11.9 Å². The molecule has 8 nitrogen and oxygen atoms in total. The Morgan fingerprint density at radius 1 is 0.758 bits per heavy atom. The zero-order valence-corrected chi connectivity index (χ0v) is 17.4. The van der Waals surface area contributed by atoms with Crippen LogP contribution in [0.4, 0.5) is 0 Å². The number of aryl methyl sites for hydroxylation is 1. The van der Waals surface area contributed by atoms with Crippen LogP contribution >= 0.6 is 0 Å². The highest BCUT2D eigenvalue weighted by Crippen LogP contribution is 2.24. The number of carbonyl (C=O) groups is 2. The second-order valence-electron chi connectivity index (χ2n) is 7.04. The highest BCUT2D eigenvalue weighted by Gasteiger charge is 2.14. The van der Waals surface area contributed by atoms with Crippen LogP contribution in [0.2, 0.25) is 0 Å². The van der Waals surface area contributed by atoms with Crippen molar-refractivity contribution in [3.05, 3.63) is 95.1 Å². The predicted octanol–water partition coefficient (Wildman–Crippen LogP) is 3.71. The van der Waals surface area contributed by atoms with Crippen LogP contribution in [-0.2, 0) is 0 Å². The molecule has 4 aromatic rings. The number of carboxylic acids is 2. The van der Waals surface area contributed by atoms with Gasteiger partial charge >= 0.3 is 11.9 Å². The van der Waals surface area contributed by atoms with Crippen LogP contribution in [0.15, 0.2) is 67.3 Å². The molecule has 4 rings (SSSR count). The van der Waals surface area contributed by atoms with Crippen molar-refractivity contribution in [1.82, 2.24) is 19.9 Å². The summed E-state index contributed by atoms with van der Waals surface area (Å²) in [6.07, 6.45) is 6.29. The highest BCUT2D eigenvalue weighted by atomic mass is 16.4. The zero-order chi connectivity index (χ0) is 23.4. The molecule has 0 atom stereocenters. The van der Waals surface area contributed by atoms with Crippen molar-refractivity contribution < 1.29 is 19.8 Å². The average Bonchev–Trinajstić information content (AvgIpc) is 2.83. The molecule has 0 saturated heterocycles. The summed E-state index contributed by atoms with van der Waals surface area (Å²) in [6, 6.07) is 10.7. The van der Waals surface area contributed by atoms with Crippen LogP contribution < -0.4 is 0 Å². The Morgan fingerprint density at radius 3 is 2.06 bits per heavy atom. The van der Waals surface area contributed by atoms with E-state index >= 15 is 0 Å². The fraction of sp³-hybridized carbons (Fsp3) is 0.0400. The molecule has 33 heavy (non-hydrogen) atoms. The van der Waals surface area contributed by atoms with Crippen molar-refractivity contribution in [2.75, 3.05) is 0 Å². The number of hydrogen-bond acceptors (Lipinski definition) is 6. The fourth-order valence-electron chi connectivity index (χ4n) is 3.00. The van der Waals surface area contributed by atoms with Crippen molar-refractivity contribution in [1.29, 1.82) is 0 Å². The first-order valence-corrected chi connectivity index (χ1v) is 9.75. The largest absolute Gasteiger partial charge is 0.478 e. The Labute approximate surface area is 188 Å². The molecular weight excluding hydrogens is 420 g/mol. The lowest BCUT2D eigenvalue weighted by atomic mass is 10.1. The minimum atomic E-state index is -1.16. The third-order valence-corrected chi connectivity index (χ3v) is 4.74. The van der Waals surface area contributed by atoms with Gasteiger partial charge in [0.15, 0.2) is 0 Å². The van der Waals surface area contributed by atoms with Gasteiger partial charge in [-0.2, -0.15) is 0 Å². The molecular formula is C25H16N4O4. The second-order valence-corrected chi connectivity index (χ2v) is 7.04. The minimum Gasteiger partial charge on any atom is -0.478 e. The number of rotatable bonds is 4. The standard InChI is InChI=1S/C25H16N4O4/c1-15-4-7-26-14-18(15)3-2-16-5-8-27-20(10-16)22-12-19(25(32)33)13-23(29-22)21-11-17(24(30)31)6-9-28-21/h4-14H,1H3,(H,30,31)(H,32,33). The van der Waals surface area contributed by atoms with Gasteiger partial charge < -0.3 is 10.2 Å². The van der Waals surface area contributed by atoms with Crippen molar-refractivity contribution in [2.45, 2.75) is 6.92 Å². The molecule has 4 heterocycles. The summed E-state index contributed by atoms with van der Waals surface area (Å²) in [4.78, 5) is 40.0. The van der Waals surface area contributed by atoms with E-state index in [1.165, 1.54) is 30.5 Å². The molecule has 2 N–H and O–H groups in total. The molecule has 0 radical (unpaired) electrons. The third kappa shape index (κ3) is 4.89. The van der Waals surface area contributed by atoms with E-state index in [-0.39, 0.29) is 22.5 Å². The van der Waals surface area contributed by atoms with E-state index in [0.717, 1.165) is 11.1 Å². The first-order chi connectivity index (χ1) is 15.9. The lowest BCUT2D eigenvalue weighted by Gasteiger charge is -2.07. The lowest BCUT2D eigenvalue weighted by molar-refractivity contribution is 0.0686. The maximum atomic E-state index is 11.7. The van der Waals surface area contributed by atoms with E-state index in [4.69, 9.17) is 0 Å². The van der Waals surface area contributed by atoms with Gasteiger partial charge in [0, 0.05) is 35.9 Å². The molecule has 0 aromatic carbocycles. The van der Waals surface area contributed by atoms with Crippen LogP contribution in [0.3, 0.4) is 0 Å². The summed E-state index contributed by atoms with van der Waals surface area (Å²) in [7, 11) is 0. The monoisotopic (exact) mass is 436 g/mol. The molecule has 4 aromatic heterocycles. The van der Waals surface area contributed by atoms with Crippen LogP contribution in [0.1, 0.15) is 37.4 Å². The zero-order valence-electron chi connectivity index (χ0n) is 17.4. The van der Waals surface area contributed by atoms with E-state index in [9.17, 15) is 19.8 Å². The Morgan fingerprint density at radius 2 is 1.39 bits per heavy atom. The Hall–Kier alpha value is -4.90. The van der Waals surface area contributed by atoms with E-state index in [2.05, 4.69) is 31.8 Å². The quantitative estimate of drug-likeness (QED) is 0.464. The van der Waals surface area contributed by atoms with Crippen LogP contribution in [0.5, 0.6) is 0 Å². The lowest BCUT2D eigenvalue weighted by Crippen LogP contribution is -2.02. The molecule has 0 aliphatic heterocycles. The number of aromatic carboxylic acids is 2. The van der Waals surface area contributed by atoms with Crippen LogP contribution in [0, 0.1) is 18.8 Å². The Bertz CT molecular complexity index is 1450. The normalized spacial score (nSPS) is 10.2. The number of pyridine rings is 4. The molecule has 0 bridgehead atoms. The summed E-state index contributed by atoms with van der Waals surface area (Å²) in [5.41, 5.74) is 3.64. The Balaban J connectivity index is 1.78. The van der Waals surface area contributed by atoms with Gasteiger partial charge in [0.2, 0.25) is 0 Å². The van der Waals surface area contributed by atoms with E-state index < -0.39 is 11.9 Å². The van der Waals surface area contributed by atoms with Crippen molar-refractivity contribution in [2.24, 2.45) is 0 Å². The first-order valence-electron chi connectivity index (χ1n) is 9.75.